The van der Waals surface area contributed by atoms with Crippen LogP contribution in [0.5, 0.6) is 0 Å². The van der Waals surface area contributed by atoms with Crippen LogP contribution in [0.4, 0.5) is 10.5 Å². The van der Waals surface area contributed by atoms with Crippen molar-refractivity contribution >= 4 is 17.6 Å². The van der Waals surface area contributed by atoms with E-state index in [4.69, 9.17) is 4.74 Å². The number of aryl methyl sites for hydroxylation is 1. The van der Waals surface area contributed by atoms with Crippen LogP contribution in [0.2, 0.25) is 0 Å². The molecule has 122 valence electrons. The lowest BCUT2D eigenvalue weighted by atomic mass is 10.2. The van der Waals surface area contributed by atoms with Crippen molar-refractivity contribution in [3.05, 3.63) is 12.4 Å². The van der Waals surface area contributed by atoms with E-state index in [1.807, 2.05) is 13.8 Å². The number of anilines is 1. The van der Waals surface area contributed by atoms with E-state index in [-0.39, 0.29) is 18.0 Å². The standard InChI is InChI=1S/C14H23N5O3/c1-10(2)22-7-5-15-14(21)17-12-4-6-19(13(12)20)11-8-16-18(3)9-11/h8-10,12H,4-7H2,1-3H3,(H2,15,17,21)/t12-/m0/s1. The molecule has 3 amide bonds. The molecule has 22 heavy (non-hydrogen) atoms. The van der Waals surface area contributed by atoms with E-state index in [0.717, 1.165) is 5.69 Å². The molecule has 1 aliphatic rings. The summed E-state index contributed by atoms with van der Waals surface area (Å²) in [6, 6.07) is -0.843. The highest BCUT2D eigenvalue weighted by molar-refractivity contribution is 6.00. The third-order valence-corrected chi connectivity index (χ3v) is 3.35. The van der Waals surface area contributed by atoms with E-state index in [9.17, 15) is 9.59 Å². The molecule has 8 nitrogen and oxygen atoms in total. The van der Waals surface area contributed by atoms with Gasteiger partial charge in [0.1, 0.15) is 6.04 Å². The number of nitrogens with one attached hydrogen (secondary N) is 2. The van der Waals surface area contributed by atoms with Crippen LogP contribution in [0.25, 0.3) is 0 Å². The topological polar surface area (TPSA) is 88.5 Å². The Morgan fingerprint density at radius 1 is 1.55 bits per heavy atom. The fourth-order valence-electron chi connectivity index (χ4n) is 2.29. The molecule has 1 saturated heterocycles. The zero-order valence-electron chi connectivity index (χ0n) is 13.2. The van der Waals surface area contributed by atoms with Gasteiger partial charge in [-0.1, -0.05) is 0 Å². The Hall–Kier alpha value is -2.09. The maximum absolute atomic E-state index is 12.3. The van der Waals surface area contributed by atoms with Crippen molar-refractivity contribution in [1.29, 1.82) is 0 Å². The molecule has 0 aliphatic carbocycles. The fraction of sp³-hybridized carbons (Fsp3) is 0.643. The Balaban J connectivity index is 1.77. The first kappa shape index (κ1) is 16.3. The molecular formula is C14H23N5O3. The second-order valence-electron chi connectivity index (χ2n) is 5.52. The van der Waals surface area contributed by atoms with Gasteiger partial charge in [0.2, 0.25) is 5.91 Å². The number of rotatable bonds is 6. The highest BCUT2D eigenvalue weighted by Crippen LogP contribution is 2.20. The number of hydrogen-bond donors (Lipinski definition) is 2. The Morgan fingerprint density at radius 3 is 2.95 bits per heavy atom. The quantitative estimate of drug-likeness (QED) is 0.737. The molecule has 2 heterocycles. The zero-order valence-corrected chi connectivity index (χ0v) is 13.2. The summed E-state index contributed by atoms with van der Waals surface area (Å²) < 4.78 is 6.98. The summed E-state index contributed by atoms with van der Waals surface area (Å²) in [4.78, 5) is 25.7. The van der Waals surface area contributed by atoms with Gasteiger partial charge in [0, 0.05) is 26.3 Å². The Morgan fingerprint density at radius 2 is 2.32 bits per heavy atom. The first-order valence-electron chi connectivity index (χ1n) is 7.43. The van der Waals surface area contributed by atoms with Crippen molar-refractivity contribution in [3.63, 3.8) is 0 Å². The van der Waals surface area contributed by atoms with Crippen molar-refractivity contribution in [2.45, 2.75) is 32.4 Å². The smallest absolute Gasteiger partial charge is 0.315 e. The molecular weight excluding hydrogens is 286 g/mol. The molecule has 1 aromatic rings. The average molecular weight is 309 g/mol. The van der Waals surface area contributed by atoms with Crippen LogP contribution < -0.4 is 15.5 Å². The van der Waals surface area contributed by atoms with Gasteiger partial charge in [0.05, 0.1) is 24.6 Å². The molecule has 1 fully saturated rings. The van der Waals surface area contributed by atoms with E-state index in [0.29, 0.717) is 26.1 Å². The molecule has 0 spiro atoms. The number of amides is 3. The minimum absolute atomic E-state index is 0.110. The summed E-state index contributed by atoms with van der Waals surface area (Å²) in [5.74, 6) is -0.110. The van der Waals surface area contributed by atoms with Crippen molar-refractivity contribution in [1.82, 2.24) is 20.4 Å². The van der Waals surface area contributed by atoms with E-state index in [1.54, 1.807) is 29.0 Å². The number of carbonyl (C=O) groups excluding carboxylic acids is 2. The van der Waals surface area contributed by atoms with E-state index in [1.165, 1.54) is 0 Å². The van der Waals surface area contributed by atoms with Crippen LogP contribution in [0, 0.1) is 0 Å². The molecule has 1 aliphatic heterocycles. The predicted octanol–water partition coefficient (Wildman–Crippen LogP) is 0.250. The van der Waals surface area contributed by atoms with Crippen molar-refractivity contribution in [3.8, 4) is 0 Å². The van der Waals surface area contributed by atoms with E-state index in [2.05, 4.69) is 15.7 Å². The van der Waals surface area contributed by atoms with Crippen LogP contribution in [-0.2, 0) is 16.6 Å². The number of aromatic nitrogens is 2. The summed E-state index contributed by atoms with van der Waals surface area (Å²) in [5, 5.41) is 9.44. The lowest BCUT2D eigenvalue weighted by Gasteiger charge is -2.15. The van der Waals surface area contributed by atoms with E-state index >= 15 is 0 Å². The van der Waals surface area contributed by atoms with Crippen LogP contribution in [0.15, 0.2) is 12.4 Å². The number of nitrogens with zero attached hydrogens (tertiary/aromatic N) is 3. The van der Waals surface area contributed by atoms with Gasteiger partial charge in [0.25, 0.3) is 0 Å². The molecule has 1 atom stereocenters. The first-order valence-corrected chi connectivity index (χ1v) is 7.43. The van der Waals surface area contributed by atoms with Gasteiger partial charge in [-0.3, -0.25) is 9.48 Å². The fourth-order valence-corrected chi connectivity index (χ4v) is 2.29. The number of ether oxygens (including phenoxy) is 1. The molecule has 2 N–H and O–H groups in total. The van der Waals surface area contributed by atoms with Gasteiger partial charge >= 0.3 is 6.03 Å². The predicted molar refractivity (Wildman–Crippen MR) is 81.6 cm³/mol. The second-order valence-corrected chi connectivity index (χ2v) is 5.52. The molecule has 0 saturated carbocycles. The molecule has 1 aromatic heterocycles. The molecule has 2 rings (SSSR count). The van der Waals surface area contributed by atoms with Gasteiger partial charge in [-0.05, 0) is 20.3 Å². The molecule has 0 bridgehead atoms. The van der Waals surface area contributed by atoms with Crippen LogP contribution in [0.1, 0.15) is 20.3 Å². The minimum atomic E-state index is -0.494. The van der Waals surface area contributed by atoms with Crippen LogP contribution in [0.3, 0.4) is 0 Å². The number of urea groups is 1. The lowest BCUT2D eigenvalue weighted by Crippen LogP contribution is -2.46. The van der Waals surface area contributed by atoms with Gasteiger partial charge in [-0.15, -0.1) is 0 Å². The third-order valence-electron chi connectivity index (χ3n) is 3.35. The Kier molecular flexibility index (Phi) is 5.37. The molecule has 0 radical (unpaired) electrons. The normalized spacial score (nSPS) is 18.1. The van der Waals surface area contributed by atoms with Gasteiger partial charge in [-0.25, -0.2) is 4.79 Å². The molecule has 8 heteroatoms. The number of carbonyl (C=O) groups is 2. The molecule has 0 aromatic carbocycles. The van der Waals surface area contributed by atoms with Crippen LogP contribution >= 0.6 is 0 Å². The second kappa shape index (κ2) is 7.26. The first-order chi connectivity index (χ1) is 10.5. The minimum Gasteiger partial charge on any atom is -0.377 e. The van der Waals surface area contributed by atoms with Gasteiger partial charge in [0.15, 0.2) is 0 Å². The SMILES string of the molecule is CC(C)OCCNC(=O)N[C@H]1CCN(c2cnn(C)c2)C1=O. The monoisotopic (exact) mass is 309 g/mol. The number of hydrogen-bond acceptors (Lipinski definition) is 4. The highest BCUT2D eigenvalue weighted by atomic mass is 16.5. The summed E-state index contributed by atoms with van der Waals surface area (Å²) in [5.41, 5.74) is 0.752. The highest BCUT2D eigenvalue weighted by Gasteiger charge is 2.34. The zero-order chi connectivity index (χ0) is 16.1. The summed E-state index contributed by atoms with van der Waals surface area (Å²) in [7, 11) is 1.80. The molecule has 0 unspecified atom stereocenters. The van der Waals surface area contributed by atoms with E-state index < -0.39 is 6.04 Å². The van der Waals surface area contributed by atoms with Crippen LogP contribution in [-0.4, -0.2) is 53.6 Å². The van der Waals surface area contributed by atoms with Crippen molar-refractivity contribution < 1.29 is 14.3 Å². The maximum Gasteiger partial charge on any atom is 0.315 e. The lowest BCUT2D eigenvalue weighted by molar-refractivity contribution is -0.118. The Labute approximate surface area is 129 Å². The summed E-state index contributed by atoms with van der Waals surface area (Å²) >= 11 is 0. The largest absolute Gasteiger partial charge is 0.377 e. The van der Waals surface area contributed by atoms with Gasteiger partial charge < -0.3 is 20.3 Å². The average Bonchev–Trinajstić information content (AvgIpc) is 3.02. The van der Waals surface area contributed by atoms with Crippen molar-refractivity contribution in [2.75, 3.05) is 24.6 Å². The summed E-state index contributed by atoms with van der Waals surface area (Å²) in [6.45, 7) is 5.31. The maximum atomic E-state index is 12.3. The van der Waals surface area contributed by atoms with Crippen molar-refractivity contribution in [2.24, 2.45) is 7.05 Å². The Bertz CT molecular complexity index is 528. The third kappa shape index (κ3) is 4.20. The van der Waals surface area contributed by atoms with Gasteiger partial charge in [-0.2, -0.15) is 5.10 Å². The summed E-state index contributed by atoms with van der Waals surface area (Å²) in [6.07, 6.45) is 4.14.